The number of carbonyl (C=O) groups excluding carboxylic acids is 3. The van der Waals surface area contributed by atoms with Gasteiger partial charge in [0.05, 0.1) is 13.0 Å². The van der Waals surface area contributed by atoms with Gasteiger partial charge in [0.2, 0.25) is 0 Å². The van der Waals surface area contributed by atoms with E-state index in [1.807, 2.05) is 0 Å². The molecular formula is C14H16O8. The summed E-state index contributed by atoms with van der Waals surface area (Å²) >= 11 is 0. The largest absolute Gasteiger partial charge is 0.464 e. The van der Waals surface area contributed by atoms with E-state index in [4.69, 9.17) is 23.7 Å². The van der Waals surface area contributed by atoms with Crippen molar-refractivity contribution in [2.24, 2.45) is 11.8 Å². The Morgan fingerprint density at radius 2 is 1.95 bits per heavy atom. The molecule has 0 radical (unpaired) electrons. The summed E-state index contributed by atoms with van der Waals surface area (Å²) < 4.78 is 26.4. The molecule has 3 aliphatic rings. The van der Waals surface area contributed by atoms with Gasteiger partial charge in [-0.1, -0.05) is 0 Å². The summed E-state index contributed by atoms with van der Waals surface area (Å²) in [6, 6.07) is 0. The average Bonchev–Trinajstić information content (AvgIpc) is 2.96. The van der Waals surface area contributed by atoms with Gasteiger partial charge in [-0.05, 0) is 13.8 Å². The summed E-state index contributed by atoms with van der Waals surface area (Å²) in [7, 11) is 2.55. The van der Waals surface area contributed by atoms with E-state index in [1.165, 1.54) is 28.1 Å². The van der Waals surface area contributed by atoms with Crippen molar-refractivity contribution in [2.45, 2.75) is 32.0 Å². The zero-order valence-electron chi connectivity index (χ0n) is 12.6. The highest BCUT2D eigenvalue weighted by molar-refractivity contribution is 6.01. The van der Waals surface area contributed by atoms with Crippen molar-refractivity contribution >= 4 is 17.7 Å². The quantitative estimate of drug-likeness (QED) is 0.667. The minimum absolute atomic E-state index is 0.147. The first-order chi connectivity index (χ1) is 10.4. The molecule has 0 aromatic heterocycles. The Labute approximate surface area is 126 Å². The van der Waals surface area contributed by atoms with Gasteiger partial charge in [0.25, 0.3) is 0 Å². The van der Waals surface area contributed by atoms with Crippen molar-refractivity contribution in [1.82, 2.24) is 0 Å². The molecule has 2 fully saturated rings. The molecule has 0 unspecified atom stereocenters. The summed E-state index contributed by atoms with van der Waals surface area (Å²) in [5.41, 5.74) is 0.192. The number of hydrogen-bond donors (Lipinski definition) is 0. The first kappa shape index (κ1) is 15.0. The van der Waals surface area contributed by atoms with Crippen LogP contribution in [0, 0.1) is 11.8 Å². The number of rotatable bonds is 3. The molecule has 0 bridgehead atoms. The van der Waals surface area contributed by atoms with E-state index in [0.29, 0.717) is 0 Å². The second kappa shape index (κ2) is 4.79. The number of hydrogen-bond acceptors (Lipinski definition) is 8. The maximum atomic E-state index is 12.3. The molecule has 3 rings (SSSR count). The SMILES string of the molecule is COC(=O)[C@@]12OC(C)=C(C(C)=O)[C@H]3C(=O)O[C@@H]([C@H](OC)O1)[C@H]32. The number of carbonyl (C=O) groups is 3. The van der Waals surface area contributed by atoms with Gasteiger partial charge >= 0.3 is 17.7 Å². The van der Waals surface area contributed by atoms with Crippen LogP contribution < -0.4 is 0 Å². The van der Waals surface area contributed by atoms with Crippen LogP contribution in [0.25, 0.3) is 0 Å². The van der Waals surface area contributed by atoms with Crippen molar-refractivity contribution in [3.05, 3.63) is 11.3 Å². The van der Waals surface area contributed by atoms with Crippen LogP contribution in [0.2, 0.25) is 0 Å². The lowest BCUT2D eigenvalue weighted by atomic mass is 9.76. The molecule has 3 heterocycles. The van der Waals surface area contributed by atoms with Gasteiger partial charge in [0, 0.05) is 12.7 Å². The summed E-state index contributed by atoms with van der Waals surface area (Å²) in [6.45, 7) is 2.83. The van der Waals surface area contributed by atoms with Gasteiger partial charge in [-0.3, -0.25) is 14.3 Å². The molecule has 120 valence electrons. The third-order valence-electron chi connectivity index (χ3n) is 4.29. The molecule has 8 heteroatoms. The lowest BCUT2D eigenvalue weighted by Gasteiger charge is -2.37. The normalized spacial score (nSPS) is 39.2. The summed E-state index contributed by atoms with van der Waals surface area (Å²) in [5.74, 6) is -5.18. The Balaban J connectivity index is 2.18. The predicted octanol–water partition coefficient (Wildman–Crippen LogP) is -0.0906. The number of esters is 2. The molecular weight excluding hydrogens is 296 g/mol. The van der Waals surface area contributed by atoms with Crippen LogP contribution >= 0.6 is 0 Å². The Morgan fingerprint density at radius 1 is 1.27 bits per heavy atom. The van der Waals surface area contributed by atoms with Gasteiger partial charge < -0.3 is 18.9 Å². The van der Waals surface area contributed by atoms with Crippen LogP contribution in [0.4, 0.5) is 0 Å². The number of allylic oxidation sites excluding steroid dienone is 1. The highest BCUT2D eigenvalue weighted by Crippen LogP contribution is 2.55. The molecule has 0 amide bonds. The van der Waals surface area contributed by atoms with E-state index in [2.05, 4.69) is 0 Å². The molecule has 2 saturated heterocycles. The maximum Gasteiger partial charge on any atom is 0.380 e. The Bertz CT molecular complexity index is 594. The standard InChI is InChI=1S/C14H16O8/c1-5(15)7-6(2)21-14(13(17)19-4)9-8(7)11(16)20-10(9)12(18-3)22-14/h8-10,12H,1-4H3/t8-,9+,10-,12-,14+/m1/s1. The summed E-state index contributed by atoms with van der Waals surface area (Å²) in [5, 5.41) is 0. The van der Waals surface area contributed by atoms with Crippen LogP contribution in [-0.4, -0.2) is 50.1 Å². The molecule has 0 spiro atoms. The monoisotopic (exact) mass is 312 g/mol. The number of methoxy groups -OCH3 is 2. The molecule has 8 nitrogen and oxygen atoms in total. The highest BCUT2D eigenvalue weighted by atomic mass is 16.8. The molecule has 0 N–H and O–H groups in total. The van der Waals surface area contributed by atoms with Crippen molar-refractivity contribution < 1.29 is 38.1 Å². The van der Waals surface area contributed by atoms with Crippen LogP contribution in [0.15, 0.2) is 11.3 Å². The van der Waals surface area contributed by atoms with Crippen LogP contribution in [0.1, 0.15) is 13.8 Å². The minimum atomic E-state index is -1.85. The van der Waals surface area contributed by atoms with Gasteiger partial charge in [-0.2, -0.15) is 0 Å². The Morgan fingerprint density at radius 3 is 2.50 bits per heavy atom. The van der Waals surface area contributed by atoms with Crippen molar-refractivity contribution in [1.29, 1.82) is 0 Å². The first-order valence-corrected chi connectivity index (χ1v) is 6.77. The van der Waals surface area contributed by atoms with Crippen LogP contribution in [0.3, 0.4) is 0 Å². The zero-order valence-corrected chi connectivity index (χ0v) is 12.6. The fourth-order valence-corrected chi connectivity index (χ4v) is 3.50. The fourth-order valence-electron chi connectivity index (χ4n) is 3.50. The highest BCUT2D eigenvalue weighted by Gasteiger charge is 2.74. The minimum Gasteiger partial charge on any atom is -0.464 e. The lowest BCUT2D eigenvalue weighted by Crippen LogP contribution is -2.54. The molecule has 22 heavy (non-hydrogen) atoms. The topological polar surface area (TPSA) is 97.4 Å². The third-order valence-corrected chi connectivity index (χ3v) is 4.29. The Kier molecular flexibility index (Phi) is 3.26. The molecule has 0 saturated carbocycles. The van der Waals surface area contributed by atoms with E-state index in [0.717, 1.165) is 0 Å². The predicted molar refractivity (Wildman–Crippen MR) is 68.0 cm³/mol. The molecule has 0 aliphatic carbocycles. The number of ether oxygens (including phenoxy) is 5. The summed E-state index contributed by atoms with van der Waals surface area (Å²) in [6.07, 6.45) is -1.82. The maximum absolute atomic E-state index is 12.3. The second-order valence-electron chi connectivity index (χ2n) is 5.41. The van der Waals surface area contributed by atoms with E-state index in [1.54, 1.807) is 0 Å². The number of ketones is 1. The van der Waals surface area contributed by atoms with Crippen molar-refractivity contribution in [3.8, 4) is 0 Å². The molecule has 3 aliphatic heterocycles. The van der Waals surface area contributed by atoms with Crippen LogP contribution in [-0.2, 0) is 38.1 Å². The molecule has 5 atom stereocenters. The van der Waals surface area contributed by atoms with Crippen molar-refractivity contribution in [3.63, 3.8) is 0 Å². The van der Waals surface area contributed by atoms with E-state index in [-0.39, 0.29) is 17.1 Å². The number of Topliss-reactive ketones (excluding diaryl/α,β-unsaturated/α-hetero) is 1. The van der Waals surface area contributed by atoms with E-state index >= 15 is 0 Å². The van der Waals surface area contributed by atoms with Gasteiger partial charge in [0.15, 0.2) is 18.2 Å². The molecule has 0 aromatic carbocycles. The lowest BCUT2D eigenvalue weighted by molar-refractivity contribution is -0.275. The first-order valence-electron chi connectivity index (χ1n) is 6.77. The second-order valence-corrected chi connectivity index (χ2v) is 5.41. The van der Waals surface area contributed by atoms with E-state index < -0.39 is 42.0 Å². The van der Waals surface area contributed by atoms with E-state index in [9.17, 15) is 14.4 Å². The van der Waals surface area contributed by atoms with Crippen LogP contribution in [0.5, 0.6) is 0 Å². The van der Waals surface area contributed by atoms with Gasteiger partial charge in [0.1, 0.15) is 11.7 Å². The Hall–Kier alpha value is -1.93. The van der Waals surface area contributed by atoms with Crippen molar-refractivity contribution in [2.75, 3.05) is 14.2 Å². The smallest absolute Gasteiger partial charge is 0.380 e. The average molecular weight is 312 g/mol. The van der Waals surface area contributed by atoms with Gasteiger partial charge in [-0.15, -0.1) is 0 Å². The van der Waals surface area contributed by atoms with Gasteiger partial charge in [-0.25, -0.2) is 4.79 Å². The molecule has 0 aromatic rings. The fraction of sp³-hybridized carbons (Fsp3) is 0.643. The zero-order chi connectivity index (χ0) is 16.2. The summed E-state index contributed by atoms with van der Waals surface area (Å²) in [4.78, 5) is 36.4. The third kappa shape index (κ3) is 1.67.